The molecule has 4 rings (SSSR count). The summed E-state index contributed by atoms with van der Waals surface area (Å²) < 4.78 is 5.79. The first-order chi connectivity index (χ1) is 10.7. The third-order valence-corrected chi connectivity index (χ3v) is 4.56. The summed E-state index contributed by atoms with van der Waals surface area (Å²) in [5, 5.41) is 8.95. The Hall–Kier alpha value is -1.88. The van der Waals surface area contributed by atoms with E-state index < -0.39 is 0 Å². The van der Waals surface area contributed by atoms with Crippen molar-refractivity contribution in [1.82, 2.24) is 15.1 Å². The van der Waals surface area contributed by atoms with Crippen molar-refractivity contribution in [2.24, 2.45) is 5.92 Å². The first kappa shape index (κ1) is 13.8. The molecule has 0 spiro atoms. The number of benzene rings is 1. The van der Waals surface area contributed by atoms with Crippen LogP contribution in [-0.2, 0) is 4.79 Å². The first-order valence-corrected chi connectivity index (χ1v) is 7.96. The smallest absolute Gasteiger partial charge is 0.247 e. The second-order valence-electron chi connectivity index (χ2n) is 6.00. The molecule has 1 saturated heterocycles. The molecule has 2 aromatic rings. The van der Waals surface area contributed by atoms with Crippen molar-refractivity contribution >= 4 is 17.5 Å². The van der Waals surface area contributed by atoms with Crippen LogP contribution < -0.4 is 0 Å². The van der Waals surface area contributed by atoms with E-state index in [2.05, 4.69) is 10.2 Å². The molecule has 1 aromatic carbocycles. The van der Waals surface area contributed by atoms with E-state index in [1.807, 2.05) is 17.0 Å². The number of nitrogens with zero attached hydrogens (tertiary/aromatic N) is 3. The quantitative estimate of drug-likeness (QED) is 0.872. The lowest BCUT2D eigenvalue weighted by Gasteiger charge is -2.14. The Labute approximate surface area is 133 Å². The lowest BCUT2D eigenvalue weighted by molar-refractivity contribution is -0.131. The number of hydrogen-bond acceptors (Lipinski definition) is 4. The van der Waals surface area contributed by atoms with E-state index >= 15 is 0 Å². The highest BCUT2D eigenvalue weighted by Crippen LogP contribution is 2.35. The largest absolute Gasteiger partial charge is 0.420 e. The highest BCUT2D eigenvalue weighted by molar-refractivity contribution is 6.30. The van der Waals surface area contributed by atoms with Gasteiger partial charge >= 0.3 is 0 Å². The van der Waals surface area contributed by atoms with E-state index in [1.165, 1.54) is 0 Å². The molecular formula is C16H16ClN3O2. The minimum Gasteiger partial charge on any atom is -0.420 e. The van der Waals surface area contributed by atoms with Crippen molar-refractivity contribution in [1.29, 1.82) is 0 Å². The van der Waals surface area contributed by atoms with E-state index in [1.54, 1.807) is 12.1 Å². The number of aromatic nitrogens is 2. The van der Waals surface area contributed by atoms with Gasteiger partial charge in [0.2, 0.25) is 17.7 Å². The molecule has 1 unspecified atom stereocenters. The molecule has 2 fully saturated rings. The van der Waals surface area contributed by atoms with Gasteiger partial charge in [0.15, 0.2) is 0 Å². The summed E-state index contributed by atoms with van der Waals surface area (Å²) in [7, 11) is 0. The molecule has 1 amide bonds. The number of rotatable bonds is 3. The summed E-state index contributed by atoms with van der Waals surface area (Å²) in [6, 6.07) is 7.31. The maximum Gasteiger partial charge on any atom is 0.247 e. The van der Waals surface area contributed by atoms with Gasteiger partial charge in [0.25, 0.3) is 0 Å². The van der Waals surface area contributed by atoms with Gasteiger partial charge in [-0.1, -0.05) is 11.6 Å². The SMILES string of the molecule is O=C(C1CC1)N1CCC(c2nnc(-c3ccc(Cl)cc3)o2)C1. The molecule has 0 bridgehead atoms. The summed E-state index contributed by atoms with van der Waals surface area (Å²) in [6.07, 6.45) is 2.98. The van der Waals surface area contributed by atoms with Crippen LogP contribution in [0.1, 0.15) is 31.1 Å². The van der Waals surface area contributed by atoms with Crippen LogP contribution in [0.3, 0.4) is 0 Å². The molecule has 0 radical (unpaired) electrons. The number of carbonyl (C=O) groups excluding carboxylic acids is 1. The molecule has 1 aliphatic carbocycles. The molecule has 2 aliphatic rings. The standard InChI is InChI=1S/C16H16ClN3O2/c17-13-5-3-10(4-6-13)14-18-19-15(22-14)12-7-8-20(9-12)16(21)11-1-2-11/h3-6,11-12H,1-2,7-9H2. The molecule has 5 nitrogen and oxygen atoms in total. The van der Waals surface area contributed by atoms with Crippen molar-refractivity contribution in [2.75, 3.05) is 13.1 Å². The van der Waals surface area contributed by atoms with Crippen LogP contribution in [0.25, 0.3) is 11.5 Å². The Kier molecular flexibility index (Phi) is 3.37. The fraction of sp³-hybridized carbons (Fsp3) is 0.438. The van der Waals surface area contributed by atoms with Gasteiger partial charge in [0.05, 0.1) is 5.92 Å². The molecule has 0 N–H and O–H groups in total. The molecular weight excluding hydrogens is 302 g/mol. The van der Waals surface area contributed by atoms with Crippen LogP contribution in [0.2, 0.25) is 5.02 Å². The Balaban J connectivity index is 1.47. The highest BCUT2D eigenvalue weighted by atomic mass is 35.5. The van der Waals surface area contributed by atoms with Crippen LogP contribution in [0, 0.1) is 5.92 Å². The Morgan fingerprint density at radius 3 is 2.68 bits per heavy atom. The van der Waals surface area contributed by atoms with E-state index in [9.17, 15) is 4.79 Å². The minimum atomic E-state index is 0.149. The summed E-state index contributed by atoms with van der Waals surface area (Å²) in [5.41, 5.74) is 0.854. The third kappa shape index (κ3) is 2.61. The second kappa shape index (κ2) is 5.39. The molecule has 114 valence electrons. The zero-order valence-corrected chi connectivity index (χ0v) is 12.8. The van der Waals surface area contributed by atoms with Gasteiger partial charge < -0.3 is 9.32 Å². The number of halogens is 1. The van der Waals surface area contributed by atoms with Crippen molar-refractivity contribution in [2.45, 2.75) is 25.2 Å². The predicted octanol–water partition coefficient (Wildman–Crippen LogP) is 3.12. The average Bonchev–Trinajstić information content (AvgIpc) is 3.06. The normalized spacial score (nSPS) is 21.3. The summed E-state index contributed by atoms with van der Waals surface area (Å²) in [4.78, 5) is 14.0. The van der Waals surface area contributed by atoms with Crippen molar-refractivity contribution in [3.05, 3.63) is 35.2 Å². The van der Waals surface area contributed by atoms with Crippen molar-refractivity contribution in [3.8, 4) is 11.5 Å². The zero-order valence-electron chi connectivity index (χ0n) is 12.0. The predicted molar refractivity (Wildman–Crippen MR) is 81.4 cm³/mol. The minimum absolute atomic E-state index is 0.149. The molecule has 22 heavy (non-hydrogen) atoms. The molecule has 6 heteroatoms. The van der Waals surface area contributed by atoms with Gasteiger partial charge in [-0.3, -0.25) is 4.79 Å². The number of carbonyl (C=O) groups is 1. The van der Waals surface area contributed by atoms with Crippen molar-refractivity contribution in [3.63, 3.8) is 0 Å². The van der Waals surface area contributed by atoms with Crippen LogP contribution >= 0.6 is 11.6 Å². The molecule has 2 heterocycles. The second-order valence-corrected chi connectivity index (χ2v) is 6.43. The van der Waals surface area contributed by atoms with E-state index in [0.717, 1.165) is 31.4 Å². The maximum absolute atomic E-state index is 12.1. The molecule has 1 aliphatic heterocycles. The first-order valence-electron chi connectivity index (χ1n) is 7.59. The third-order valence-electron chi connectivity index (χ3n) is 4.31. The summed E-state index contributed by atoms with van der Waals surface area (Å²) in [5.74, 6) is 1.83. The van der Waals surface area contributed by atoms with E-state index in [0.29, 0.717) is 29.3 Å². The lowest BCUT2D eigenvalue weighted by Crippen LogP contribution is -2.29. The number of amides is 1. The summed E-state index contributed by atoms with van der Waals surface area (Å²) in [6.45, 7) is 1.48. The van der Waals surface area contributed by atoms with Crippen LogP contribution in [-0.4, -0.2) is 34.1 Å². The van der Waals surface area contributed by atoms with Gasteiger partial charge in [-0.2, -0.15) is 0 Å². The topological polar surface area (TPSA) is 59.2 Å². The zero-order chi connectivity index (χ0) is 15.1. The van der Waals surface area contributed by atoms with E-state index in [-0.39, 0.29) is 11.8 Å². The van der Waals surface area contributed by atoms with Gasteiger partial charge in [-0.15, -0.1) is 10.2 Å². The highest BCUT2D eigenvalue weighted by Gasteiger charge is 2.38. The fourth-order valence-corrected chi connectivity index (χ4v) is 2.99. The van der Waals surface area contributed by atoms with Crippen LogP contribution in [0.5, 0.6) is 0 Å². The molecule has 1 saturated carbocycles. The fourth-order valence-electron chi connectivity index (χ4n) is 2.86. The monoisotopic (exact) mass is 317 g/mol. The van der Waals surface area contributed by atoms with E-state index in [4.69, 9.17) is 16.0 Å². The van der Waals surface area contributed by atoms with Gasteiger partial charge in [-0.25, -0.2) is 0 Å². The number of hydrogen-bond donors (Lipinski definition) is 0. The van der Waals surface area contributed by atoms with Crippen molar-refractivity contribution < 1.29 is 9.21 Å². The van der Waals surface area contributed by atoms with Crippen LogP contribution in [0.15, 0.2) is 28.7 Å². The van der Waals surface area contributed by atoms with Crippen LogP contribution in [0.4, 0.5) is 0 Å². The Morgan fingerprint density at radius 1 is 1.18 bits per heavy atom. The molecule has 1 atom stereocenters. The van der Waals surface area contributed by atoms with Gasteiger partial charge in [0, 0.05) is 29.6 Å². The maximum atomic E-state index is 12.1. The van der Waals surface area contributed by atoms with Gasteiger partial charge in [0.1, 0.15) is 0 Å². The molecule has 1 aromatic heterocycles. The average molecular weight is 318 g/mol. The summed E-state index contributed by atoms with van der Waals surface area (Å²) >= 11 is 5.88. The van der Waals surface area contributed by atoms with Gasteiger partial charge in [-0.05, 0) is 43.5 Å². The lowest BCUT2D eigenvalue weighted by atomic mass is 10.1. The Bertz CT molecular complexity index is 694. The number of likely N-dealkylation sites (tertiary alicyclic amines) is 1. The Morgan fingerprint density at radius 2 is 1.95 bits per heavy atom.